The van der Waals surface area contributed by atoms with E-state index in [2.05, 4.69) is 20.5 Å². The predicted molar refractivity (Wildman–Crippen MR) is 83.2 cm³/mol. The van der Waals surface area contributed by atoms with Gasteiger partial charge in [0, 0.05) is 18.5 Å². The highest BCUT2D eigenvalue weighted by atomic mass is 19.4. The van der Waals surface area contributed by atoms with Crippen molar-refractivity contribution in [3.63, 3.8) is 0 Å². The van der Waals surface area contributed by atoms with E-state index in [1.165, 1.54) is 16.7 Å². The first-order valence-electron chi connectivity index (χ1n) is 7.45. The van der Waals surface area contributed by atoms with Gasteiger partial charge in [-0.2, -0.15) is 13.2 Å². The summed E-state index contributed by atoms with van der Waals surface area (Å²) in [6.45, 7) is -0.0319. The molecule has 0 unspecified atom stereocenters. The molecule has 0 bridgehead atoms. The van der Waals surface area contributed by atoms with Crippen molar-refractivity contribution in [1.82, 2.24) is 24.9 Å². The fraction of sp³-hybridized carbons (Fsp3) is 0.125. The van der Waals surface area contributed by atoms with Crippen molar-refractivity contribution in [3.8, 4) is 0 Å². The van der Waals surface area contributed by atoms with Crippen molar-refractivity contribution in [3.05, 3.63) is 59.9 Å². The summed E-state index contributed by atoms with van der Waals surface area (Å²) < 4.78 is 44.9. The summed E-state index contributed by atoms with van der Waals surface area (Å²) in [6.07, 6.45) is -1.67. The minimum Gasteiger partial charge on any atom is -0.449 e. The van der Waals surface area contributed by atoms with Crippen LogP contribution in [-0.4, -0.2) is 25.5 Å². The van der Waals surface area contributed by atoms with Gasteiger partial charge in [0.25, 0.3) is 5.91 Å². The lowest BCUT2D eigenvalue weighted by atomic mass is 10.2. The Morgan fingerprint density at radius 3 is 2.85 bits per heavy atom. The van der Waals surface area contributed by atoms with E-state index in [0.717, 1.165) is 12.1 Å². The van der Waals surface area contributed by atoms with Crippen molar-refractivity contribution >= 4 is 22.7 Å². The zero-order chi connectivity index (χ0) is 18.3. The van der Waals surface area contributed by atoms with Crippen LogP contribution in [0.15, 0.2) is 47.1 Å². The first-order chi connectivity index (χ1) is 12.4. The van der Waals surface area contributed by atoms with Gasteiger partial charge >= 0.3 is 6.18 Å². The predicted octanol–water partition coefficient (Wildman–Crippen LogP) is 2.82. The normalized spacial score (nSPS) is 12.0. The number of rotatable bonds is 3. The number of nitrogens with zero attached hydrogens (tertiary/aromatic N) is 4. The lowest BCUT2D eigenvalue weighted by molar-refractivity contribution is -0.137. The van der Waals surface area contributed by atoms with Gasteiger partial charge in [-0.1, -0.05) is 0 Å². The lowest BCUT2D eigenvalue weighted by Crippen LogP contribution is -2.23. The number of aromatic nitrogens is 4. The van der Waals surface area contributed by atoms with Crippen molar-refractivity contribution in [1.29, 1.82) is 0 Å². The van der Waals surface area contributed by atoms with E-state index in [1.54, 1.807) is 18.3 Å². The highest BCUT2D eigenvalue weighted by Crippen LogP contribution is 2.29. The van der Waals surface area contributed by atoms with Gasteiger partial charge in [-0.05, 0) is 24.3 Å². The standard InChI is InChI=1S/C16H10F3N5O2/c17-16(18,19)9-3-5-24-13(6-9)22-23-14(24)8-21-15(25)12-7-10-11(26-12)2-1-4-20-10/h1-7H,8H2,(H,21,25). The van der Waals surface area contributed by atoms with E-state index < -0.39 is 17.6 Å². The third kappa shape index (κ3) is 2.85. The number of carbonyl (C=O) groups is 1. The molecular formula is C16H10F3N5O2. The second-order valence-electron chi connectivity index (χ2n) is 5.44. The summed E-state index contributed by atoms with van der Waals surface area (Å²) in [6, 6.07) is 6.69. The quantitative estimate of drug-likeness (QED) is 0.606. The number of alkyl halides is 3. The van der Waals surface area contributed by atoms with Crippen molar-refractivity contribution in [2.24, 2.45) is 0 Å². The second kappa shape index (κ2) is 5.83. The molecule has 4 aromatic heterocycles. The Bertz CT molecular complexity index is 1080. The van der Waals surface area contributed by atoms with Gasteiger partial charge in [-0.25, -0.2) is 0 Å². The first-order valence-corrected chi connectivity index (χ1v) is 7.45. The lowest BCUT2D eigenvalue weighted by Gasteiger charge is -2.07. The van der Waals surface area contributed by atoms with Crippen LogP contribution in [0.1, 0.15) is 21.9 Å². The van der Waals surface area contributed by atoms with E-state index >= 15 is 0 Å². The van der Waals surface area contributed by atoms with E-state index in [-0.39, 0.29) is 23.8 Å². The Balaban J connectivity index is 1.53. The summed E-state index contributed by atoms with van der Waals surface area (Å²) >= 11 is 0. The van der Waals surface area contributed by atoms with E-state index in [0.29, 0.717) is 11.1 Å². The number of pyridine rings is 2. The minimum atomic E-state index is -4.46. The molecule has 26 heavy (non-hydrogen) atoms. The molecule has 7 nitrogen and oxygen atoms in total. The van der Waals surface area contributed by atoms with Gasteiger partial charge in [0.05, 0.1) is 12.1 Å². The molecule has 0 radical (unpaired) electrons. The zero-order valence-corrected chi connectivity index (χ0v) is 13.0. The largest absolute Gasteiger partial charge is 0.449 e. The molecule has 0 saturated carbocycles. The topological polar surface area (TPSA) is 85.3 Å². The average molecular weight is 361 g/mol. The van der Waals surface area contributed by atoms with Crippen LogP contribution in [0.25, 0.3) is 16.7 Å². The molecule has 1 N–H and O–H groups in total. The maximum atomic E-state index is 12.7. The summed E-state index contributed by atoms with van der Waals surface area (Å²) in [5, 5.41) is 10.1. The Kier molecular flexibility index (Phi) is 3.60. The fourth-order valence-corrected chi connectivity index (χ4v) is 2.47. The Morgan fingerprint density at radius 1 is 1.23 bits per heavy atom. The average Bonchev–Trinajstić information content (AvgIpc) is 3.22. The molecule has 4 aromatic rings. The summed E-state index contributed by atoms with van der Waals surface area (Å²) in [5.74, 6) is -0.130. The molecule has 0 aliphatic heterocycles. The van der Waals surface area contributed by atoms with Crippen LogP contribution in [0.3, 0.4) is 0 Å². The van der Waals surface area contributed by atoms with Gasteiger partial charge in [0.2, 0.25) is 0 Å². The van der Waals surface area contributed by atoms with Crippen LogP contribution in [0.2, 0.25) is 0 Å². The van der Waals surface area contributed by atoms with Crippen molar-refractivity contribution < 1.29 is 22.4 Å². The molecule has 0 atom stereocenters. The highest BCUT2D eigenvalue weighted by Gasteiger charge is 2.31. The van der Waals surface area contributed by atoms with Crippen LogP contribution in [-0.2, 0) is 12.7 Å². The smallest absolute Gasteiger partial charge is 0.416 e. The van der Waals surface area contributed by atoms with Crippen LogP contribution in [0.5, 0.6) is 0 Å². The highest BCUT2D eigenvalue weighted by molar-refractivity contribution is 5.95. The number of fused-ring (bicyclic) bond motifs is 2. The van der Waals surface area contributed by atoms with E-state index in [4.69, 9.17) is 4.42 Å². The molecule has 0 aromatic carbocycles. The van der Waals surface area contributed by atoms with Crippen molar-refractivity contribution in [2.75, 3.05) is 0 Å². The molecule has 0 fully saturated rings. The molecular weight excluding hydrogens is 351 g/mol. The molecule has 4 rings (SSSR count). The molecule has 0 aliphatic carbocycles. The molecule has 132 valence electrons. The van der Waals surface area contributed by atoms with E-state index in [1.807, 2.05) is 0 Å². The maximum Gasteiger partial charge on any atom is 0.416 e. The molecule has 0 aliphatic rings. The van der Waals surface area contributed by atoms with Crippen LogP contribution >= 0.6 is 0 Å². The van der Waals surface area contributed by atoms with Gasteiger partial charge in [0.1, 0.15) is 5.52 Å². The summed E-state index contributed by atoms with van der Waals surface area (Å²) in [7, 11) is 0. The van der Waals surface area contributed by atoms with Crippen LogP contribution in [0, 0.1) is 0 Å². The second-order valence-corrected chi connectivity index (χ2v) is 5.44. The first kappa shape index (κ1) is 16.1. The number of carbonyl (C=O) groups excluding carboxylic acids is 1. The number of hydrogen-bond donors (Lipinski definition) is 1. The molecule has 0 spiro atoms. The Hall–Kier alpha value is -3.43. The fourth-order valence-electron chi connectivity index (χ4n) is 2.47. The maximum absolute atomic E-state index is 12.7. The third-order valence-electron chi connectivity index (χ3n) is 3.73. The van der Waals surface area contributed by atoms with Crippen LogP contribution in [0.4, 0.5) is 13.2 Å². The number of hydrogen-bond acceptors (Lipinski definition) is 5. The SMILES string of the molecule is O=C(NCc1nnc2cc(C(F)(F)F)ccn12)c1cc2ncccc2o1. The molecule has 0 saturated heterocycles. The Labute approximate surface area is 143 Å². The molecule has 1 amide bonds. The number of furan rings is 1. The molecule has 4 heterocycles. The van der Waals surface area contributed by atoms with Gasteiger partial charge < -0.3 is 9.73 Å². The number of nitrogens with one attached hydrogen (secondary N) is 1. The van der Waals surface area contributed by atoms with Crippen LogP contribution < -0.4 is 5.32 Å². The van der Waals surface area contributed by atoms with Gasteiger partial charge in [0.15, 0.2) is 22.8 Å². The Morgan fingerprint density at radius 2 is 2.08 bits per heavy atom. The summed E-state index contributed by atoms with van der Waals surface area (Å²) in [5.41, 5.74) is 0.246. The minimum absolute atomic E-state index is 0.0319. The van der Waals surface area contributed by atoms with E-state index in [9.17, 15) is 18.0 Å². The third-order valence-corrected chi connectivity index (χ3v) is 3.73. The van der Waals surface area contributed by atoms with Gasteiger partial charge in [-0.15, -0.1) is 10.2 Å². The zero-order valence-electron chi connectivity index (χ0n) is 13.0. The monoisotopic (exact) mass is 361 g/mol. The molecule has 10 heteroatoms. The van der Waals surface area contributed by atoms with Gasteiger partial charge in [-0.3, -0.25) is 14.2 Å². The van der Waals surface area contributed by atoms with Crippen molar-refractivity contribution in [2.45, 2.75) is 12.7 Å². The summed E-state index contributed by atoms with van der Waals surface area (Å²) in [4.78, 5) is 16.3. The number of amides is 1. The number of halogens is 3.